The summed E-state index contributed by atoms with van der Waals surface area (Å²) in [4.78, 5) is 23.7. The van der Waals surface area contributed by atoms with Gasteiger partial charge >= 0.3 is 0 Å². The highest BCUT2D eigenvalue weighted by molar-refractivity contribution is 6.30. The van der Waals surface area contributed by atoms with Crippen LogP contribution < -0.4 is 15.6 Å². The third-order valence-electron chi connectivity index (χ3n) is 3.37. The zero-order valence-corrected chi connectivity index (χ0v) is 14.3. The molecule has 2 aromatic carbocycles. The van der Waals surface area contributed by atoms with Gasteiger partial charge in [-0.25, -0.2) is 4.39 Å². The number of hydrogen-bond acceptors (Lipinski definition) is 3. The van der Waals surface area contributed by atoms with E-state index in [2.05, 4.69) is 10.9 Å². The lowest BCUT2D eigenvalue weighted by Crippen LogP contribution is -2.47. The van der Waals surface area contributed by atoms with Gasteiger partial charge in [0.2, 0.25) is 5.91 Å². The van der Waals surface area contributed by atoms with Crippen molar-refractivity contribution in [2.24, 2.45) is 0 Å². The van der Waals surface area contributed by atoms with Crippen molar-refractivity contribution in [2.75, 3.05) is 0 Å². The van der Waals surface area contributed by atoms with E-state index in [1.165, 1.54) is 31.2 Å². The van der Waals surface area contributed by atoms with Crippen molar-refractivity contribution in [1.29, 1.82) is 0 Å². The second-order valence-corrected chi connectivity index (χ2v) is 5.81. The smallest absolute Gasteiger partial charge is 0.279 e. The van der Waals surface area contributed by atoms with Crippen molar-refractivity contribution in [3.63, 3.8) is 0 Å². The van der Waals surface area contributed by atoms with Gasteiger partial charge in [-0.3, -0.25) is 20.4 Å². The maximum Gasteiger partial charge on any atom is 0.279 e. The molecule has 2 amide bonds. The molecular formula is C18H18ClFN2O3. The van der Waals surface area contributed by atoms with Crippen molar-refractivity contribution < 1.29 is 18.7 Å². The third-order valence-corrected chi connectivity index (χ3v) is 3.63. The lowest BCUT2D eigenvalue weighted by atomic mass is 10.1. The van der Waals surface area contributed by atoms with E-state index in [0.29, 0.717) is 17.2 Å². The molecule has 5 nitrogen and oxygen atoms in total. The van der Waals surface area contributed by atoms with E-state index in [1.54, 1.807) is 12.1 Å². The molecule has 132 valence electrons. The summed E-state index contributed by atoms with van der Waals surface area (Å²) in [5.41, 5.74) is 5.61. The third kappa shape index (κ3) is 6.43. The number of amides is 2. The van der Waals surface area contributed by atoms with Crippen molar-refractivity contribution in [1.82, 2.24) is 10.9 Å². The number of hydrazine groups is 1. The highest BCUT2D eigenvalue weighted by Gasteiger charge is 2.15. The van der Waals surface area contributed by atoms with Gasteiger partial charge in [0, 0.05) is 11.4 Å². The van der Waals surface area contributed by atoms with Crippen LogP contribution in [0.1, 0.15) is 18.9 Å². The molecule has 0 spiro atoms. The van der Waals surface area contributed by atoms with E-state index in [0.717, 1.165) is 5.56 Å². The largest absolute Gasteiger partial charge is 0.481 e. The average molecular weight is 365 g/mol. The van der Waals surface area contributed by atoms with Gasteiger partial charge in [-0.1, -0.05) is 23.7 Å². The van der Waals surface area contributed by atoms with Gasteiger partial charge < -0.3 is 4.74 Å². The first kappa shape index (κ1) is 18.7. The van der Waals surface area contributed by atoms with Gasteiger partial charge in [0.25, 0.3) is 5.91 Å². The second kappa shape index (κ2) is 9.03. The summed E-state index contributed by atoms with van der Waals surface area (Å²) in [6.45, 7) is 1.53. The van der Waals surface area contributed by atoms with Gasteiger partial charge in [0.1, 0.15) is 11.6 Å². The predicted octanol–water partition coefficient (Wildman–Crippen LogP) is 3.03. The summed E-state index contributed by atoms with van der Waals surface area (Å²) in [6.07, 6.45) is -0.0997. The molecule has 0 heterocycles. The number of aryl methyl sites for hydroxylation is 1. The zero-order valence-electron chi connectivity index (χ0n) is 13.6. The number of carbonyl (C=O) groups is 2. The molecule has 1 unspecified atom stereocenters. The number of hydrogen-bond donors (Lipinski definition) is 2. The number of carbonyl (C=O) groups excluding carboxylic acids is 2. The average Bonchev–Trinajstić information content (AvgIpc) is 2.61. The molecule has 0 aliphatic heterocycles. The summed E-state index contributed by atoms with van der Waals surface area (Å²) >= 11 is 5.80. The van der Waals surface area contributed by atoms with Gasteiger partial charge in [0.05, 0.1) is 0 Å². The van der Waals surface area contributed by atoms with Crippen molar-refractivity contribution in [2.45, 2.75) is 25.9 Å². The lowest BCUT2D eigenvalue weighted by Gasteiger charge is -2.15. The van der Waals surface area contributed by atoms with Gasteiger partial charge in [-0.05, 0) is 55.3 Å². The maximum absolute atomic E-state index is 12.8. The van der Waals surface area contributed by atoms with Gasteiger partial charge in [0.15, 0.2) is 6.10 Å². The Morgan fingerprint density at radius 1 is 1.08 bits per heavy atom. The molecule has 1 atom stereocenters. The first-order valence-corrected chi connectivity index (χ1v) is 8.07. The van der Waals surface area contributed by atoms with E-state index in [1.807, 2.05) is 12.1 Å². The minimum atomic E-state index is -0.845. The first-order valence-electron chi connectivity index (χ1n) is 7.69. The van der Waals surface area contributed by atoms with Crippen LogP contribution in [0.3, 0.4) is 0 Å². The predicted molar refractivity (Wildman–Crippen MR) is 92.5 cm³/mol. The summed E-state index contributed by atoms with van der Waals surface area (Å²) in [7, 11) is 0. The molecule has 2 aromatic rings. The molecule has 2 rings (SSSR count). The Morgan fingerprint density at radius 3 is 2.36 bits per heavy atom. The Balaban J connectivity index is 1.71. The fourth-order valence-corrected chi connectivity index (χ4v) is 2.10. The van der Waals surface area contributed by atoms with Crippen LogP contribution in [-0.4, -0.2) is 17.9 Å². The van der Waals surface area contributed by atoms with Crippen LogP contribution in [-0.2, 0) is 16.0 Å². The second-order valence-electron chi connectivity index (χ2n) is 5.38. The Hall–Kier alpha value is -2.60. The Morgan fingerprint density at radius 2 is 1.72 bits per heavy atom. The number of halogens is 2. The van der Waals surface area contributed by atoms with E-state index in [4.69, 9.17) is 16.3 Å². The quantitative estimate of drug-likeness (QED) is 0.774. The molecule has 25 heavy (non-hydrogen) atoms. The van der Waals surface area contributed by atoms with Gasteiger partial charge in [-0.15, -0.1) is 0 Å². The Bertz CT molecular complexity index is 720. The van der Waals surface area contributed by atoms with Gasteiger partial charge in [-0.2, -0.15) is 0 Å². The van der Waals surface area contributed by atoms with Crippen molar-refractivity contribution in [3.05, 3.63) is 64.9 Å². The van der Waals surface area contributed by atoms with Crippen LogP contribution in [0, 0.1) is 5.82 Å². The zero-order chi connectivity index (χ0) is 18.2. The summed E-state index contributed by atoms with van der Waals surface area (Å²) in [5.74, 6) is -0.864. The molecule has 0 bridgehead atoms. The number of ether oxygens (including phenoxy) is 1. The van der Waals surface area contributed by atoms with E-state index < -0.39 is 17.8 Å². The maximum atomic E-state index is 12.8. The Labute approximate surface area is 150 Å². The number of nitrogens with one attached hydrogen (secondary N) is 2. The molecule has 0 saturated carbocycles. The molecule has 0 aromatic heterocycles. The van der Waals surface area contributed by atoms with Crippen LogP contribution >= 0.6 is 11.6 Å². The van der Waals surface area contributed by atoms with Crippen LogP contribution in [0.4, 0.5) is 4.39 Å². The molecule has 2 N–H and O–H groups in total. The van der Waals surface area contributed by atoms with E-state index >= 15 is 0 Å². The lowest BCUT2D eigenvalue weighted by molar-refractivity contribution is -0.132. The normalized spacial score (nSPS) is 11.5. The standard InChI is InChI=1S/C18H18ClFN2O3/c1-12(25-16-9-7-15(20)8-10-16)18(24)22-21-17(23)11-4-13-2-5-14(19)6-3-13/h2-3,5-10,12H,4,11H2,1H3,(H,21,23)(H,22,24). The molecule has 7 heteroatoms. The number of benzene rings is 2. The minimum Gasteiger partial charge on any atom is -0.481 e. The molecular weight excluding hydrogens is 347 g/mol. The first-order chi connectivity index (χ1) is 11.9. The van der Waals surface area contributed by atoms with Crippen LogP contribution in [0.25, 0.3) is 0 Å². The Kier molecular flexibility index (Phi) is 6.77. The summed E-state index contributed by atoms with van der Waals surface area (Å²) < 4.78 is 18.2. The van der Waals surface area contributed by atoms with Crippen LogP contribution in [0.15, 0.2) is 48.5 Å². The van der Waals surface area contributed by atoms with E-state index in [9.17, 15) is 14.0 Å². The van der Waals surface area contributed by atoms with E-state index in [-0.39, 0.29) is 12.3 Å². The van der Waals surface area contributed by atoms with Crippen molar-refractivity contribution >= 4 is 23.4 Å². The highest BCUT2D eigenvalue weighted by atomic mass is 35.5. The van der Waals surface area contributed by atoms with Crippen LogP contribution in [0.5, 0.6) is 5.75 Å². The summed E-state index contributed by atoms with van der Waals surface area (Å²) in [5, 5.41) is 0.635. The monoisotopic (exact) mass is 364 g/mol. The summed E-state index contributed by atoms with van der Waals surface area (Å²) in [6, 6.07) is 12.5. The fraction of sp³-hybridized carbons (Fsp3) is 0.222. The topological polar surface area (TPSA) is 67.4 Å². The van der Waals surface area contributed by atoms with Crippen molar-refractivity contribution in [3.8, 4) is 5.75 Å². The highest BCUT2D eigenvalue weighted by Crippen LogP contribution is 2.13. The fourth-order valence-electron chi connectivity index (χ4n) is 1.98. The molecule has 0 radical (unpaired) electrons. The molecule has 0 aliphatic carbocycles. The van der Waals surface area contributed by atoms with Crippen LogP contribution in [0.2, 0.25) is 5.02 Å². The molecule has 0 fully saturated rings. The minimum absolute atomic E-state index is 0.217. The molecule has 0 saturated heterocycles. The molecule has 0 aliphatic rings. The number of rotatable bonds is 6. The SMILES string of the molecule is CC(Oc1ccc(F)cc1)C(=O)NNC(=O)CCc1ccc(Cl)cc1.